The van der Waals surface area contributed by atoms with Crippen LogP contribution in [0.2, 0.25) is 5.02 Å². The molecule has 6 heteroatoms. The van der Waals surface area contributed by atoms with Gasteiger partial charge in [0.2, 0.25) is 11.8 Å². The third-order valence-corrected chi connectivity index (χ3v) is 5.89. The Morgan fingerprint density at radius 3 is 2.96 bits per heavy atom. The molecule has 3 aliphatic rings. The number of halogens is 1. The lowest BCUT2D eigenvalue weighted by Crippen LogP contribution is -2.57. The molecule has 2 saturated heterocycles. The molecule has 2 amide bonds. The zero-order valence-corrected chi connectivity index (χ0v) is 15.0. The molecule has 3 fully saturated rings. The largest absolute Gasteiger partial charge is 0.340 e. The van der Waals surface area contributed by atoms with E-state index >= 15 is 0 Å². The second-order valence-electron chi connectivity index (χ2n) is 7.35. The molecule has 4 rings (SSSR count). The van der Waals surface area contributed by atoms with Crippen molar-refractivity contribution in [1.29, 1.82) is 0 Å². The van der Waals surface area contributed by atoms with Gasteiger partial charge in [0.25, 0.3) is 0 Å². The average Bonchev–Trinajstić information content (AvgIpc) is 3.42. The van der Waals surface area contributed by atoms with Crippen LogP contribution in [0.3, 0.4) is 0 Å². The van der Waals surface area contributed by atoms with Crippen LogP contribution in [0.5, 0.6) is 0 Å². The van der Waals surface area contributed by atoms with Gasteiger partial charge in [0.05, 0.1) is 6.54 Å². The SMILES string of the molecule is O=C(C1CC1c1cccc(Cl)c1)N1CCCC(N2CCNCC2=O)C1. The molecule has 25 heavy (non-hydrogen) atoms. The second kappa shape index (κ2) is 6.96. The van der Waals surface area contributed by atoms with E-state index in [1.807, 2.05) is 28.0 Å². The van der Waals surface area contributed by atoms with E-state index in [4.69, 9.17) is 11.6 Å². The first kappa shape index (κ1) is 16.9. The summed E-state index contributed by atoms with van der Waals surface area (Å²) in [5.74, 6) is 0.786. The summed E-state index contributed by atoms with van der Waals surface area (Å²) in [7, 11) is 0. The normalized spacial score (nSPS) is 29.6. The summed E-state index contributed by atoms with van der Waals surface area (Å²) >= 11 is 6.07. The van der Waals surface area contributed by atoms with Crippen molar-refractivity contribution in [2.24, 2.45) is 5.92 Å². The van der Waals surface area contributed by atoms with Crippen molar-refractivity contribution in [1.82, 2.24) is 15.1 Å². The Morgan fingerprint density at radius 1 is 1.28 bits per heavy atom. The van der Waals surface area contributed by atoms with Crippen LogP contribution in [-0.2, 0) is 9.59 Å². The Hall–Kier alpha value is -1.59. The van der Waals surface area contributed by atoms with E-state index in [0.717, 1.165) is 49.5 Å². The number of hydrogen-bond donors (Lipinski definition) is 1. The number of amides is 2. The van der Waals surface area contributed by atoms with Crippen LogP contribution in [0, 0.1) is 5.92 Å². The predicted molar refractivity (Wildman–Crippen MR) is 96.5 cm³/mol. The molecule has 3 atom stereocenters. The Bertz CT molecular complexity index is 680. The van der Waals surface area contributed by atoms with Gasteiger partial charge in [-0.3, -0.25) is 9.59 Å². The standard InChI is InChI=1S/C19H24ClN3O2/c20-14-4-1-3-13(9-14)16-10-17(16)19(25)22-7-2-5-15(12-22)23-8-6-21-11-18(23)24/h1,3-4,9,15-17,21H,2,5-8,10-12H2. The Kier molecular flexibility index (Phi) is 4.69. The molecular formula is C19H24ClN3O2. The highest BCUT2D eigenvalue weighted by Crippen LogP contribution is 2.49. The van der Waals surface area contributed by atoms with Gasteiger partial charge in [-0.05, 0) is 42.9 Å². The molecule has 1 aliphatic carbocycles. The molecule has 0 spiro atoms. The van der Waals surface area contributed by atoms with Crippen LogP contribution in [0.15, 0.2) is 24.3 Å². The van der Waals surface area contributed by atoms with E-state index in [1.165, 1.54) is 0 Å². The van der Waals surface area contributed by atoms with Crippen LogP contribution < -0.4 is 5.32 Å². The number of carbonyl (C=O) groups excluding carboxylic acids is 2. The molecule has 0 aromatic heterocycles. The molecule has 5 nitrogen and oxygen atoms in total. The zero-order valence-electron chi connectivity index (χ0n) is 14.3. The van der Waals surface area contributed by atoms with Gasteiger partial charge >= 0.3 is 0 Å². The van der Waals surface area contributed by atoms with Crippen molar-refractivity contribution in [3.63, 3.8) is 0 Å². The van der Waals surface area contributed by atoms with E-state index in [2.05, 4.69) is 11.4 Å². The van der Waals surface area contributed by atoms with E-state index in [0.29, 0.717) is 19.0 Å². The molecule has 1 N–H and O–H groups in total. The number of benzene rings is 1. The van der Waals surface area contributed by atoms with E-state index < -0.39 is 0 Å². The maximum atomic E-state index is 12.9. The van der Waals surface area contributed by atoms with Crippen molar-refractivity contribution in [3.8, 4) is 0 Å². The highest BCUT2D eigenvalue weighted by Gasteiger charge is 2.46. The number of hydrogen-bond acceptors (Lipinski definition) is 3. The summed E-state index contributed by atoms with van der Waals surface area (Å²) in [4.78, 5) is 29.0. The Balaban J connectivity index is 1.38. The van der Waals surface area contributed by atoms with Gasteiger partial charge in [-0.15, -0.1) is 0 Å². The number of piperidine rings is 1. The molecule has 1 aromatic carbocycles. The molecule has 134 valence electrons. The fourth-order valence-electron chi connectivity index (χ4n) is 4.22. The molecule has 2 heterocycles. The minimum absolute atomic E-state index is 0.0796. The first-order valence-electron chi connectivity index (χ1n) is 9.18. The third-order valence-electron chi connectivity index (χ3n) is 5.66. The van der Waals surface area contributed by atoms with Crippen molar-refractivity contribution < 1.29 is 9.59 Å². The highest BCUT2D eigenvalue weighted by molar-refractivity contribution is 6.30. The Morgan fingerprint density at radius 2 is 2.16 bits per heavy atom. The van der Waals surface area contributed by atoms with Crippen LogP contribution in [0.4, 0.5) is 0 Å². The van der Waals surface area contributed by atoms with Gasteiger partial charge in [-0.2, -0.15) is 0 Å². The maximum Gasteiger partial charge on any atom is 0.236 e. The minimum Gasteiger partial charge on any atom is -0.340 e. The van der Waals surface area contributed by atoms with E-state index in [1.54, 1.807) is 0 Å². The van der Waals surface area contributed by atoms with Gasteiger partial charge < -0.3 is 15.1 Å². The molecule has 3 unspecified atom stereocenters. The maximum absolute atomic E-state index is 12.9. The fraction of sp³-hybridized carbons (Fsp3) is 0.579. The number of nitrogens with zero attached hydrogens (tertiary/aromatic N) is 2. The van der Waals surface area contributed by atoms with Crippen molar-refractivity contribution >= 4 is 23.4 Å². The summed E-state index contributed by atoms with van der Waals surface area (Å²) in [5.41, 5.74) is 1.16. The lowest BCUT2D eigenvalue weighted by molar-refractivity contribution is -0.141. The van der Waals surface area contributed by atoms with Crippen LogP contribution in [-0.4, -0.2) is 60.4 Å². The number of piperazine rings is 1. The van der Waals surface area contributed by atoms with Crippen molar-refractivity contribution in [3.05, 3.63) is 34.9 Å². The summed E-state index contributed by atoms with van der Waals surface area (Å²) in [6.07, 6.45) is 2.88. The topological polar surface area (TPSA) is 52.7 Å². The van der Waals surface area contributed by atoms with Crippen molar-refractivity contribution in [2.75, 3.05) is 32.7 Å². The fourth-order valence-corrected chi connectivity index (χ4v) is 4.42. The lowest BCUT2D eigenvalue weighted by atomic mass is 10.0. The van der Waals surface area contributed by atoms with Gasteiger partial charge in [0, 0.05) is 43.2 Å². The third kappa shape index (κ3) is 3.53. The van der Waals surface area contributed by atoms with Gasteiger partial charge in [0.1, 0.15) is 0 Å². The molecule has 1 saturated carbocycles. The predicted octanol–water partition coefficient (Wildman–Crippen LogP) is 1.87. The number of carbonyl (C=O) groups is 2. The van der Waals surface area contributed by atoms with Gasteiger partial charge in [0.15, 0.2) is 0 Å². The molecule has 0 bridgehead atoms. The quantitative estimate of drug-likeness (QED) is 0.894. The van der Waals surface area contributed by atoms with Crippen LogP contribution in [0.1, 0.15) is 30.7 Å². The molecule has 2 aliphatic heterocycles. The first-order chi connectivity index (χ1) is 12.1. The zero-order chi connectivity index (χ0) is 17.4. The van der Waals surface area contributed by atoms with E-state index in [-0.39, 0.29) is 23.8 Å². The molecule has 0 radical (unpaired) electrons. The first-order valence-corrected chi connectivity index (χ1v) is 9.55. The minimum atomic E-state index is 0.0796. The smallest absolute Gasteiger partial charge is 0.236 e. The monoisotopic (exact) mass is 361 g/mol. The number of likely N-dealkylation sites (tertiary alicyclic amines) is 1. The number of rotatable bonds is 3. The summed E-state index contributed by atoms with van der Waals surface area (Å²) in [5, 5.41) is 3.84. The number of nitrogens with one attached hydrogen (secondary N) is 1. The van der Waals surface area contributed by atoms with Gasteiger partial charge in [-0.1, -0.05) is 23.7 Å². The van der Waals surface area contributed by atoms with E-state index in [9.17, 15) is 9.59 Å². The Labute approximate surface area is 153 Å². The van der Waals surface area contributed by atoms with Gasteiger partial charge in [-0.25, -0.2) is 0 Å². The molecule has 1 aromatic rings. The summed E-state index contributed by atoms with van der Waals surface area (Å²) in [6.45, 7) is 3.51. The highest BCUT2D eigenvalue weighted by atomic mass is 35.5. The average molecular weight is 362 g/mol. The van der Waals surface area contributed by atoms with Crippen molar-refractivity contribution in [2.45, 2.75) is 31.2 Å². The summed E-state index contributed by atoms with van der Waals surface area (Å²) < 4.78 is 0. The van der Waals surface area contributed by atoms with Crippen LogP contribution >= 0.6 is 11.6 Å². The molecular weight excluding hydrogens is 338 g/mol. The summed E-state index contributed by atoms with van der Waals surface area (Å²) in [6, 6.07) is 8.02. The van der Waals surface area contributed by atoms with Crippen LogP contribution in [0.25, 0.3) is 0 Å². The lowest BCUT2D eigenvalue weighted by Gasteiger charge is -2.41. The second-order valence-corrected chi connectivity index (χ2v) is 7.78.